The molecule has 2 rings (SSSR count). The summed E-state index contributed by atoms with van der Waals surface area (Å²) in [4.78, 5) is 7.81. The van der Waals surface area contributed by atoms with Crippen molar-refractivity contribution in [3.63, 3.8) is 0 Å². The molecule has 0 radical (unpaired) electrons. The minimum absolute atomic E-state index is 0.0160. The van der Waals surface area contributed by atoms with Crippen molar-refractivity contribution >= 4 is 5.82 Å². The predicted octanol–water partition coefficient (Wildman–Crippen LogP) is 2.91. The van der Waals surface area contributed by atoms with Gasteiger partial charge in [-0.05, 0) is 25.1 Å². The third-order valence-electron chi connectivity index (χ3n) is 2.43. The van der Waals surface area contributed by atoms with Crippen molar-refractivity contribution in [2.24, 2.45) is 0 Å². The summed E-state index contributed by atoms with van der Waals surface area (Å²) in [6.45, 7) is 1.47. The Morgan fingerprint density at radius 2 is 1.78 bits per heavy atom. The number of hydrogen-bond acceptors (Lipinski definition) is 3. The average Bonchev–Trinajstić information content (AvgIpc) is 2.36. The standard InChI is InChI=1S/C12H10F3N3/c1-6-10(15)12(16-2)18-11(17-6)7-3-4-8(13)9(14)5-7/h3-5H,1-2H3,(H,16,17,18). The van der Waals surface area contributed by atoms with Crippen LogP contribution in [0, 0.1) is 24.4 Å². The van der Waals surface area contributed by atoms with E-state index in [4.69, 9.17) is 0 Å². The summed E-state index contributed by atoms with van der Waals surface area (Å²) < 4.78 is 39.4. The first-order valence-electron chi connectivity index (χ1n) is 5.20. The van der Waals surface area contributed by atoms with E-state index >= 15 is 0 Å². The molecule has 0 aliphatic heterocycles. The van der Waals surface area contributed by atoms with Crippen molar-refractivity contribution in [3.8, 4) is 11.4 Å². The van der Waals surface area contributed by atoms with E-state index in [1.54, 1.807) is 0 Å². The van der Waals surface area contributed by atoms with Crippen LogP contribution in [0.15, 0.2) is 18.2 Å². The third-order valence-corrected chi connectivity index (χ3v) is 2.43. The van der Waals surface area contributed by atoms with Crippen LogP contribution < -0.4 is 5.32 Å². The highest BCUT2D eigenvalue weighted by molar-refractivity contribution is 5.58. The molecule has 1 aromatic carbocycles. The molecule has 0 spiro atoms. The molecular formula is C12H10F3N3. The average molecular weight is 253 g/mol. The smallest absolute Gasteiger partial charge is 0.186 e. The van der Waals surface area contributed by atoms with Crippen LogP contribution in [0.1, 0.15) is 5.69 Å². The van der Waals surface area contributed by atoms with E-state index in [0.717, 1.165) is 12.1 Å². The van der Waals surface area contributed by atoms with E-state index in [2.05, 4.69) is 15.3 Å². The van der Waals surface area contributed by atoms with Crippen molar-refractivity contribution in [1.29, 1.82) is 0 Å². The number of aryl methyl sites for hydroxylation is 1. The van der Waals surface area contributed by atoms with Crippen LogP contribution in [-0.2, 0) is 0 Å². The highest BCUT2D eigenvalue weighted by Crippen LogP contribution is 2.22. The minimum atomic E-state index is -0.996. The fourth-order valence-corrected chi connectivity index (χ4v) is 1.49. The van der Waals surface area contributed by atoms with Gasteiger partial charge in [0.2, 0.25) is 0 Å². The lowest BCUT2D eigenvalue weighted by atomic mass is 10.2. The molecule has 0 aliphatic carbocycles. The molecular weight excluding hydrogens is 243 g/mol. The summed E-state index contributed by atoms with van der Waals surface area (Å²) in [5.74, 6) is -2.36. The van der Waals surface area contributed by atoms with Gasteiger partial charge in [0.1, 0.15) is 0 Å². The molecule has 0 saturated heterocycles. The summed E-state index contributed by atoms with van der Waals surface area (Å²) >= 11 is 0. The van der Waals surface area contributed by atoms with Crippen molar-refractivity contribution in [3.05, 3.63) is 41.3 Å². The van der Waals surface area contributed by atoms with Crippen LogP contribution in [0.3, 0.4) is 0 Å². The van der Waals surface area contributed by atoms with Gasteiger partial charge < -0.3 is 5.32 Å². The first kappa shape index (κ1) is 12.3. The van der Waals surface area contributed by atoms with E-state index < -0.39 is 17.5 Å². The van der Waals surface area contributed by atoms with E-state index in [1.165, 1.54) is 20.0 Å². The fourth-order valence-electron chi connectivity index (χ4n) is 1.49. The maximum atomic E-state index is 13.5. The van der Waals surface area contributed by atoms with Gasteiger partial charge in [-0.25, -0.2) is 23.1 Å². The number of nitrogens with one attached hydrogen (secondary N) is 1. The molecule has 6 heteroatoms. The van der Waals surface area contributed by atoms with E-state index in [0.29, 0.717) is 0 Å². The number of rotatable bonds is 2. The van der Waals surface area contributed by atoms with Crippen molar-refractivity contribution in [1.82, 2.24) is 9.97 Å². The van der Waals surface area contributed by atoms with E-state index in [9.17, 15) is 13.2 Å². The van der Waals surface area contributed by atoms with E-state index in [-0.39, 0.29) is 22.9 Å². The Hall–Kier alpha value is -2.11. The van der Waals surface area contributed by atoms with Crippen molar-refractivity contribution in [2.75, 3.05) is 12.4 Å². The van der Waals surface area contributed by atoms with E-state index in [1.807, 2.05) is 0 Å². The Morgan fingerprint density at radius 1 is 1.06 bits per heavy atom. The molecule has 1 aromatic heterocycles. The first-order chi connectivity index (χ1) is 8.52. The van der Waals surface area contributed by atoms with Crippen molar-refractivity contribution in [2.45, 2.75) is 6.92 Å². The SMILES string of the molecule is CNc1nc(-c2ccc(F)c(F)c2)nc(C)c1F. The molecule has 0 saturated carbocycles. The number of halogens is 3. The summed E-state index contributed by atoms with van der Waals surface area (Å²) in [5, 5.41) is 2.58. The quantitative estimate of drug-likeness (QED) is 0.894. The zero-order valence-corrected chi connectivity index (χ0v) is 9.76. The molecule has 0 bridgehead atoms. The summed E-state index contributed by atoms with van der Waals surface area (Å²) in [6, 6.07) is 3.29. The number of nitrogens with zero attached hydrogens (tertiary/aromatic N) is 2. The highest BCUT2D eigenvalue weighted by Gasteiger charge is 2.13. The third kappa shape index (κ3) is 2.13. The van der Waals surface area contributed by atoms with Gasteiger partial charge in [-0.3, -0.25) is 0 Å². The first-order valence-corrected chi connectivity index (χ1v) is 5.20. The Morgan fingerprint density at radius 3 is 2.39 bits per heavy atom. The molecule has 1 N–H and O–H groups in total. The van der Waals surface area contributed by atoms with Crippen LogP contribution in [-0.4, -0.2) is 17.0 Å². The summed E-state index contributed by atoms with van der Waals surface area (Å²) in [5.41, 5.74) is 0.419. The summed E-state index contributed by atoms with van der Waals surface area (Å²) in [7, 11) is 1.51. The predicted molar refractivity (Wildman–Crippen MR) is 61.6 cm³/mol. The van der Waals surface area contributed by atoms with Gasteiger partial charge in [-0.1, -0.05) is 0 Å². The Kier molecular flexibility index (Phi) is 3.18. The van der Waals surface area contributed by atoms with Gasteiger partial charge in [0.25, 0.3) is 0 Å². The number of aromatic nitrogens is 2. The molecule has 0 amide bonds. The lowest BCUT2D eigenvalue weighted by Gasteiger charge is -2.07. The number of benzene rings is 1. The number of anilines is 1. The molecule has 2 aromatic rings. The lowest BCUT2D eigenvalue weighted by molar-refractivity contribution is 0.509. The van der Waals surface area contributed by atoms with Crippen LogP contribution in [0.2, 0.25) is 0 Å². The zero-order chi connectivity index (χ0) is 13.3. The molecule has 3 nitrogen and oxygen atoms in total. The second kappa shape index (κ2) is 4.64. The Balaban J connectivity index is 2.57. The van der Waals surface area contributed by atoms with Crippen molar-refractivity contribution < 1.29 is 13.2 Å². The molecule has 0 unspecified atom stereocenters. The van der Waals surface area contributed by atoms with Gasteiger partial charge in [-0.15, -0.1) is 0 Å². The van der Waals surface area contributed by atoms with Gasteiger partial charge in [0.05, 0.1) is 5.69 Å². The maximum absolute atomic E-state index is 13.5. The molecule has 18 heavy (non-hydrogen) atoms. The zero-order valence-electron chi connectivity index (χ0n) is 9.76. The second-order valence-electron chi connectivity index (χ2n) is 3.67. The highest BCUT2D eigenvalue weighted by atomic mass is 19.2. The normalized spacial score (nSPS) is 10.5. The molecule has 0 fully saturated rings. The molecule has 0 atom stereocenters. The minimum Gasteiger partial charge on any atom is -0.371 e. The van der Waals surface area contributed by atoms with Gasteiger partial charge in [-0.2, -0.15) is 0 Å². The summed E-state index contributed by atoms with van der Waals surface area (Å²) in [6.07, 6.45) is 0. The van der Waals surface area contributed by atoms with Gasteiger partial charge in [0.15, 0.2) is 29.1 Å². The lowest BCUT2D eigenvalue weighted by Crippen LogP contribution is -2.03. The largest absolute Gasteiger partial charge is 0.371 e. The second-order valence-corrected chi connectivity index (χ2v) is 3.67. The molecule has 94 valence electrons. The monoisotopic (exact) mass is 253 g/mol. The van der Waals surface area contributed by atoms with Crippen LogP contribution in [0.4, 0.5) is 19.0 Å². The molecule has 1 heterocycles. The van der Waals surface area contributed by atoms with Crippen LogP contribution in [0.5, 0.6) is 0 Å². The molecule has 0 aliphatic rings. The Bertz CT molecular complexity index is 599. The van der Waals surface area contributed by atoms with Gasteiger partial charge >= 0.3 is 0 Å². The van der Waals surface area contributed by atoms with Crippen LogP contribution >= 0.6 is 0 Å². The van der Waals surface area contributed by atoms with Gasteiger partial charge in [0, 0.05) is 12.6 Å². The maximum Gasteiger partial charge on any atom is 0.186 e. The van der Waals surface area contributed by atoms with Crippen LogP contribution in [0.25, 0.3) is 11.4 Å². The Labute approximate surface area is 102 Å². The fraction of sp³-hybridized carbons (Fsp3) is 0.167. The number of hydrogen-bond donors (Lipinski definition) is 1. The topological polar surface area (TPSA) is 37.8 Å².